The molecule has 1 aromatic carbocycles. The Kier molecular flexibility index (Phi) is 4.97. The van der Waals surface area contributed by atoms with Gasteiger partial charge in [-0.25, -0.2) is 4.98 Å². The maximum absolute atomic E-state index is 11.9. The van der Waals surface area contributed by atoms with Crippen LogP contribution in [0.2, 0.25) is 5.02 Å². The highest BCUT2D eigenvalue weighted by atomic mass is 35.5. The number of anilines is 1. The van der Waals surface area contributed by atoms with Gasteiger partial charge in [-0.2, -0.15) is 0 Å². The first-order valence-corrected chi connectivity index (χ1v) is 6.72. The van der Waals surface area contributed by atoms with Crippen molar-refractivity contribution in [1.29, 1.82) is 0 Å². The first-order valence-electron chi connectivity index (χ1n) is 5.94. The number of thiocarbonyl (C=S) groups is 1. The smallest absolute Gasteiger partial charge is 0.287 e. The molecule has 0 aliphatic carbocycles. The average Bonchev–Trinajstić information content (AvgIpc) is 2.48. The second-order valence-corrected chi connectivity index (χ2v) is 4.92. The van der Waals surface area contributed by atoms with E-state index in [0.717, 1.165) is 6.20 Å². The van der Waals surface area contributed by atoms with Gasteiger partial charge in [0.25, 0.3) is 11.6 Å². The predicted molar refractivity (Wildman–Crippen MR) is 86.0 cm³/mol. The normalized spacial score (nSPS) is 9.86. The van der Waals surface area contributed by atoms with Crippen molar-refractivity contribution < 1.29 is 9.72 Å². The Labute approximate surface area is 135 Å². The summed E-state index contributed by atoms with van der Waals surface area (Å²) < 4.78 is 0. The maximum atomic E-state index is 11.9. The standard InChI is InChI=1S/C13H9ClN4O3S/c14-9-3-1-8(2-4-9)12(19)17-13(22)16-11-6-5-10(7-15-11)18(20)21/h1-7H,(H2,15,16,17,19,22). The molecule has 0 radical (unpaired) electrons. The van der Waals surface area contributed by atoms with Crippen LogP contribution in [-0.4, -0.2) is 20.9 Å². The Morgan fingerprint density at radius 3 is 2.45 bits per heavy atom. The van der Waals surface area contributed by atoms with Crippen LogP contribution in [0.1, 0.15) is 10.4 Å². The fraction of sp³-hybridized carbons (Fsp3) is 0. The van der Waals surface area contributed by atoms with Gasteiger partial charge in [0.2, 0.25) is 0 Å². The van der Waals surface area contributed by atoms with Gasteiger partial charge in [-0.1, -0.05) is 11.6 Å². The van der Waals surface area contributed by atoms with Gasteiger partial charge >= 0.3 is 0 Å². The molecule has 0 unspecified atom stereocenters. The van der Waals surface area contributed by atoms with E-state index in [0.29, 0.717) is 10.6 Å². The summed E-state index contributed by atoms with van der Waals surface area (Å²) in [5, 5.41) is 16.2. The van der Waals surface area contributed by atoms with Gasteiger partial charge in [0.05, 0.1) is 4.92 Å². The van der Waals surface area contributed by atoms with Crippen LogP contribution in [-0.2, 0) is 0 Å². The van der Waals surface area contributed by atoms with Crippen LogP contribution < -0.4 is 10.6 Å². The summed E-state index contributed by atoms with van der Waals surface area (Å²) in [5.74, 6) is -0.122. The van der Waals surface area contributed by atoms with E-state index in [2.05, 4.69) is 15.6 Å². The zero-order chi connectivity index (χ0) is 16.1. The molecule has 2 aromatic rings. The molecule has 2 N–H and O–H groups in total. The predicted octanol–water partition coefficient (Wildman–Crippen LogP) is 2.77. The number of nitro groups is 1. The van der Waals surface area contributed by atoms with E-state index in [4.69, 9.17) is 23.8 Å². The van der Waals surface area contributed by atoms with Crippen molar-refractivity contribution in [3.05, 3.63) is 63.3 Å². The Balaban J connectivity index is 1.96. The van der Waals surface area contributed by atoms with Crippen molar-refractivity contribution in [1.82, 2.24) is 10.3 Å². The lowest BCUT2D eigenvalue weighted by Gasteiger charge is -2.08. The van der Waals surface area contributed by atoms with E-state index >= 15 is 0 Å². The van der Waals surface area contributed by atoms with E-state index in [1.165, 1.54) is 12.1 Å². The van der Waals surface area contributed by atoms with Crippen molar-refractivity contribution >= 4 is 46.3 Å². The van der Waals surface area contributed by atoms with Crippen molar-refractivity contribution in [2.75, 3.05) is 5.32 Å². The molecule has 1 aromatic heterocycles. The summed E-state index contributed by atoms with van der Waals surface area (Å²) in [5.41, 5.74) is 0.256. The highest BCUT2D eigenvalue weighted by Gasteiger charge is 2.09. The van der Waals surface area contributed by atoms with E-state index in [-0.39, 0.29) is 16.6 Å². The lowest BCUT2D eigenvalue weighted by Crippen LogP contribution is -2.34. The Morgan fingerprint density at radius 1 is 1.23 bits per heavy atom. The van der Waals surface area contributed by atoms with Crippen molar-refractivity contribution in [3.63, 3.8) is 0 Å². The van der Waals surface area contributed by atoms with Crippen molar-refractivity contribution in [2.24, 2.45) is 0 Å². The number of carbonyl (C=O) groups excluding carboxylic acids is 1. The number of halogens is 1. The van der Waals surface area contributed by atoms with Gasteiger partial charge < -0.3 is 5.32 Å². The third kappa shape index (κ3) is 4.21. The molecule has 9 heteroatoms. The topological polar surface area (TPSA) is 97.2 Å². The number of amides is 1. The SMILES string of the molecule is O=C(NC(=S)Nc1ccc([N+](=O)[O-])cn1)c1ccc(Cl)cc1. The summed E-state index contributed by atoms with van der Waals surface area (Å²) in [6.45, 7) is 0. The van der Waals surface area contributed by atoms with Gasteiger partial charge in [0.15, 0.2) is 5.11 Å². The van der Waals surface area contributed by atoms with Crippen LogP contribution in [0.15, 0.2) is 42.6 Å². The number of nitrogens with one attached hydrogen (secondary N) is 2. The molecular formula is C13H9ClN4O3S. The lowest BCUT2D eigenvalue weighted by atomic mass is 10.2. The quantitative estimate of drug-likeness (QED) is 0.508. The van der Waals surface area contributed by atoms with Gasteiger partial charge in [-0.15, -0.1) is 0 Å². The van der Waals surface area contributed by atoms with Gasteiger partial charge in [-0.05, 0) is 42.5 Å². The molecule has 112 valence electrons. The molecule has 0 saturated heterocycles. The van der Waals surface area contributed by atoms with Crippen LogP contribution in [0, 0.1) is 10.1 Å². The lowest BCUT2D eigenvalue weighted by molar-refractivity contribution is -0.385. The van der Waals surface area contributed by atoms with E-state index in [1.807, 2.05) is 0 Å². The second-order valence-electron chi connectivity index (χ2n) is 4.07. The Hall–Kier alpha value is -2.58. The number of aromatic nitrogens is 1. The second kappa shape index (κ2) is 6.92. The molecule has 7 nitrogen and oxygen atoms in total. The maximum Gasteiger partial charge on any atom is 0.287 e. The van der Waals surface area contributed by atoms with E-state index in [1.54, 1.807) is 24.3 Å². The molecule has 1 heterocycles. The summed E-state index contributed by atoms with van der Waals surface area (Å²) in [6.07, 6.45) is 1.09. The average molecular weight is 337 g/mol. The fourth-order valence-corrected chi connectivity index (χ4v) is 1.82. The molecule has 0 bridgehead atoms. The minimum atomic E-state index is -0.558. The van der Waals surface area contributed by atoms with Crippen LogP contribution in [0.4, 0.5) is 11.5 Å². The number of carbonyl (C=O) groups is 1. The molecule has 0 aliphatic rings. The molecule has 1 amide bonds. The summed E-state index contributed by atoms with van der Waals surface area (Å²) in [7, 11) is 0. The number of hydrogen-bond donors (Lipinski definition) is 2. The van der Waals surface area contributed by atoms with Crippen LogP contribution in [0.5, 0.6) is 0 Å². The van der Waals surface area contributed by atoms with Crippen LogP contribution >= 0.6 is 23.8 Å². The Bertz CT molecular complexity index is 719. The molecule has 0 atom stereocenters. The van der Waals surface area contributed by atoms with Gasteiger partial charge in [0, 0.05) is 16.7 Å². The minimum Gasteiger partial charge on any atom is -0.317 e. The van der Waals surface area contributed by atoms with E-state index in [9.17, 15) is 14.9 Å². The molecule has 22 heavy (non-hydrogen) atoms. The van der Waals surface area contributed by atoms with Gasteiger partial charge in [-0.3, -0.25) is 20.2 Å². The zero-order valence-electron chi connectivity index (χ0n) is 10.9. The van der Waals surface area contributed by atoms with E-state index < -0.39 is 10.8 Å². The first kappa shape index (κ1) is 15.8. The largest absolute Gasteiger partial charge is 0.317 e. The first-order chi connectivity index (χ1) is 10.5. The number of benzene rings is 1. The fourth-order valence-electron chi connectivity index (χ4n) is 1.49. The number of nitrogens with zero attached hydrogens (tertiary/aromatic N) is 2. The molecule has 0 saturated carbocycles. The summed E-state index contributed by atoms with van der Waals surface area (Å²) in [4.78, 5) is 25.7. The number of pyridine rings is 1. The molecular weight excluding hydrogens is 328 g/mol. The van der Waals surface area contributed by atoms with Crippen LogP contribution in [0.25, 0.3) is 0 Å². The van der Waals surface area contributed by atoms with Gasteiger partial charge in [0.1, 0.15) is 12.0 Å². The molecule has 0 fully saturated rings. The van der Waals surface area contributed by atoms with Crippen molar-refractivity contribution in [2.45, 2.75) is 0 Å². The molecule has 0 spiro atoms. The highest BCUT2D eigenvalue weighted by molar-refractivity contribution is 7.80. The van der Waals surface area contributed by atoms with Crippen LogP contribution in [0.3, 0.4) is 0 Å². The monoisotopic (exact) mass is 336 g/mol. The Morgan fingerprint density at radius 2 is 1.91 bits per heavy atom. The van der Waals surface area contributed by atoms with Crippen molar-refractivity contribution in [3.8, 4) is 0 Å². The summed E-state index contributed by atoms with van der Waals surface area (Å²) in [6, 6.07) is 8.96. The number of rotatable bonds is 3. The number of hydrogen-bond acceptors (Lipinski definition) is 5. The highest BCUT2D eigenvalue weighted by Crippen LogP contribution is 2.12. The molecule has 0 aliphatic heterocycles. The zero-order valence-corrected chi connectivity index (χ0v) is 12.5. The minimum absolute atomic E-state index is 0.0290. The third-order valence-electron chi connectivity index (χ3n) is 2.53. The third-order valence-corrected chi connectivity index (χ3v) is 2.99. The molecule has 2 rings (SSSR count). The summed E-state index contributed by atoms with van der Waals surface area (Å²) >= 11 is 10.7.